The van der Waals surface area contributed by atoms with Crippen molar-refractivity contribution in [2.75, 3.05) is 17.6 Å². The van der Waals surface area contributed by atoms with Gasteiger partial charge in [0.05, 0.1) is 10.7 Å². The molecule has 0 saturated heterocycles. The second-order valence-corrected chi connectivity index (χ2v) is 4.93. The number of rotatable bonds is 4. The molecule has 0 unspecified atom stereocenters. The summed E-state index contributed by atoms with van der Waals surface area (Å²) < 4.78 is 0. The van der Waals surface area contributed by atoms with Gasteiger partial charge in [0.25, 0.3) is 0 Å². The number of anilines is 2. The Bertz CT molecular complexity index is 454. The van der Waals surface area contributed by atoms with E-state index in [9.17, 15) is 0 Å². The minimum absolute atomic E-state index is 0.672. The molecule has 0 aliphatic rings. The summed E-state index contributed by atoms with van der Waals surface area (Å²) in [5.74, 6) is 0. The van der Waals surface area contributed by atoms with Crippen molar-refractivity contribution >= 4 is 34.3 Å². The lowest BCUT2D eigenvalue weighted by Gasteiger charge is -2.08. The molecule has 0 atom stereocenters. The fourth-order valence-corrected chi connectivity index (χ4v) is 2.41. The van der Waals surface area contributed by atoms with Crippen molar-refractivity contribution < 1.29 is 0 Å². The van der Waals surface area contributed by atoms with Gasteiger partial charge in [-0.2, -0.15) is 0 Å². The summed E-state index contributed by atoms with van der Waals surface area (Å²) >= 11 is 7.82. The number of nitrogens with two attached hydrogens (primary N) is 1. The van der Waals surface area contributed by atoms with Crippen LogP contribution in [0.5, 0.6) is 0 Å². The van der Waals surface area contributed by atoms with E-state index in [-0.39, 0.29) is 0 Å². The maximum Gasteiger partial charge on any atom is 0.0657 e. The summed E-state index contributed by atoms with van der Waals surface area (Å²) in [5, 5.41) is 6.06. The predicted octanol–water partition coefficient (Wildman–Crippen LogP) is 3.64. The van der Waals surface area contributed by atoms with E-state index in [2.05, 4.69) is 22.8 Å². The van der Waals surface area contributed by atoms with Crippen LogP contribution >= 0.6 is 22.9 Å². The van der Waals surface area contributed by atoms with Crippen LogP contribution in [0.15, 0.2) is 35.7 Å². The maximum atomic E-state index is 6.05. The highest BCUT2D eigenvalue weighted by molar-refractivity contribution is 7.09. The van der Waals surface area contributed by atoms with Gasteiger partial charge in [0, 0.05) is 17.1 Å². The average molecular weight is 253 g/mol. The Balaban J connectivity index is 1.90. The summed E-state index contributed by atoms with van der Waals surface area (Å²) in [5.41, 5.74) is 7.25. The molecule has 1 aromatic heterocycles. The molecule has 16 heavy (non-hydrogen) atoms. The van der Waals surface area contributed by atoms with Crippen LogP contribution < -0.4 is 11.1 Å². The van der Waals surface area contributed by atoms with E-state index < -0.39 is 0 Å². The molecule has 0 saturated carbocycles. The Hall–Kier alpha value is -1.19. The Labute approximate surface area is 104 Å². The molecule has 0 radical (unpaired) electrons. The van der Waals surface area contributed by atoms with Crippen molar-refractivity contribution in [1.82, 2.24) is 0 Å². The molecule has 0 spiro atoms. The highest BCUT2D eigenvalue weighted by atomic mass is 35.5. The molecular formula is C12H13ClN2S. The number of nitrogens with one attached hydrogen (secondary N) is 1. The second kappa shape index (κ2) is 5.23. The van der Waals surface area contributed by atoms with Gasteiger partial charge in [-0.1, -0.05) is 17.7 Å². The Morgan fingerprint density at radius 1 is 1.31 bits per heavy atom. The Morgan fingerprint density at radius 2 is 2.19 bits per heavy atom. The molecule has 2 aromatic rings. The zero-order valence-corrected chi connectivity index (χ0v) is 10.3. The lowest BCUT2D eigenvalue weighted by Crippen LogP contribution is -2.04. The molecule has 0 aliphatic carbocycles. The summed E-state index contributed by atoms with van der Waals surface area (Å²) in [6.45, 7) is 0.879. The van der Waals surface area contributed by atoms with Gasteiger partial charge in [-0.05, 0) is 36.1 Å². The number of nitrogen functional groups attached to an aromatic ring is 1. The van der Waals surface area contributed by atoms with Crippen molar-refractivity contribution in [1.29, 1.82) is 0 Å². The fraction of sp³-hybridized carbons (Fsp3) is 0.167. The Morgan fingerprint density at radius 3 is 2.88 bits per heavy atom. The predicted molar refractivity (Wildman–Crippen MR) is 72.4 cm³/mol. The van der Waals surface area contributed by atoms with Crippen LogP contribution in [0.1, 0.15) is 4.88 Å². The van der Waals surface area contributed by atoms with E-state index in [0.717, 1.165) is 18.7 Å². The fourth-order valence-electron chi connectivity index (χ4n) is 1.45. The van der Waals surface area contributed by atoms with Crippen LogP contribution in [0.2, 0.25) is 5.02 Å². The number of benzene rings is 1. The molecule has 84 valence electrons. The van der Waals surface area contributed by atoms with Crippen molar-refractivity contribution in [2.24, 2.45) is 0 Å². The third-order valence-corrected chi connectivity index (χ3v) is 3.51. The highest BCUT2D eigenvalue weighted by Gasteiger charge is 2.00. The first-order chi connectivity index (χ1) is 7.75. The van der Waals surface area contributed by atoms with E-state index in [1.54, 1.807) is 17.4 Å². The summed E-state index contributed by atoms with van der Waals surface area (Å²) in [7, 11) is 0. The zero-order chi connectivity index (χ0) is 11.4. The quantitative estimate of drug-likeness (QED) is 0.816. The first kappa shape index (κ1) is 11.3. The lowest BCUT2D eigenvalue weighted by atomic mass is 10.2. The largest absolute Gasteiger partial charge is 0.399 e. The number of thiophene rings is 1. The molecule has 1 aromatic carbocycles. The first-order valence-corrected chi connectivity index (χ1v) is 6.33. The minimum Gasteiger partial charge on any atom is -0.399 e. The maximum absolute atomic E-state index is 6.05. The molecule has 0 fully saturated rings. The SMILES string of the molecule is Nc1ccc(NCCc2cccs2)c(Cl)c1. The lowest BCUT2D eigenvalue weighted by molar-refractivity contribution is 1.04. The van der Waals surface area contributed by atoms with E-state index in [0.29, 0.717) is 10.7 Å². The first-order valence-electron chi connectivity index (χ1n) is 5.07. The molecule has 2 nitrogen and oxygen atoms in total. The van der Waals surface area contributed by atoms with Crippen molar-refractivity contribution in [3.63, 3.8) is 0 Å². The van der Waals surface area contributed by atoms with Crippen LogP contribution in [-0.4, -0.2) is 6.54 Å². The minimum atomic E-state index is 0.672. The van der Waals surface area contributed by atoms with Gasteiger partial charge in [0.2, 0.25) is 0 Å². The van der Waals surface area contributed by atoms with Crippen molar-refractivity contribution in [3.05, 3.63) is 45.6 Å². The molecule has 4 heteroatoms. The number of hydrogen-bond acceptors (Lipinski definition) is 3. The van der Waals surface area contributed by atoms with Gasteiger partial charge < -0.3 is 11.1 Å². The molecule has 2 rings (SSSR count). The van der Waals surface area contributed by atoms with E-state index in [1.165, 1.54) is 4.88 Å². The standard InChI is InChI=1S/C12H13ClN2S/c13-11-8-9(14)3-4-12(11)15-6-5-10-2-1-7-16-10/h1-4,7-8,15H,5-6,14H2. The monoisotopic (exact) mass is 252 g/mol. The van der Waals surface area contributed by atoms with Gasteiger partial charge in [-0.25, -0.2) is 0 Å². The van der Waals surface area contributed by atoms with Gasteiger partial charge in [0.1, 0.15) is 0 Å². The van der Waals surface area contributed by atoms with Crippen molar-refractivity contribution in [2.45, 2.75) is 6.42 Å². The van der Waals surface area contributed by atoms with Crippen LogP contribution in [0, 0.1) is 0 Å². The normalized spacial score (nSPS) is 10.3. The summed E-state index contributed by atoms with van der Waals surface area (Å²) in [6.07, 6.45) is 1.01. The number of hydrogen-bond donors (Lipinski definition) is 2. The third kappa shape index (κ3) is 2.90. The van der Waals surface area contributed by atoms with Crippen molar-refractivity contribution in [3.8, 4) is 0 Å². The molecular weight excluding hydrogens is 240 g/mol. The second-order valence-electron chi connectivity index (χ2n) is 3.50. The molecule has 3 N–H and O–H groups in total. The summed E-state index contributed by atoms with van der Waals surface area (Å²) in [6, 6.07) is 9.72. The van der Waals surface area contributed by atoms with E-state index in [1.807, 2.05) is 12.1 Å². The van der Waals surface area contributed by atoms with Gasteiger partial charge in [-0.3, -0.25) is 0 Å². The van der Waals surface area contributed by atoms with Crippen LogP contribution in [-0.2, 0) is 6.42 Å². The number of halogens is 1. The van der Waals surface area contributed by atoms with Crippen LogP contribution in [0.25, 0.3) is 0 Å². The van der Waals surface area contributed by atoms with E-state index >= 15 is 0 Å². The topological polar surface area (TPSA) is 38.0 Å². The van der Waals surface area contributed by atoms with Gasteiger partial charge >= 0.3 is 0 Å². The molecule has 0 aliphatic heterocycles. The van der Waals surface area contributed by atoms with Crippen LogP contribution in [0.3, 0.4) is 0 Å². The molecule has 1 heterocycles. The van der Waals surface area contributed by atoms with E-state index in [4.69, 9.17) is 17.3 Å². The smallest absolute Gasteiger partial charge is 0.0657 e. The third-order valence-electron chi connectivity index (χ3n) is 2.26. The van der Waals surface area contributed by atoms with Crippen LogP contribution in [0.4, 0.5) is 11.4 Å². The summed E-state index contributed by atoms with van der Waals surface area (Å²) in [4.78, 5) is 1.37. The molecule has 0 bridgehead atoms. The molecule has 0 amide bonds. The van der Waals surface area contributed by atoms with Gasteiger partial charge in [-0.15, -0.1) is 11.3 Å². The highest BCUT2D eigenvalue weighted by Crippen LogP contribution is 2.24. The Kier molecular flexibility index (Phi) is 3.70. The van der Waals surface area contributed by atoms with Gasteiger partial charge in [0.15, 0.2) is 0 Å². The zero-order valence-electron chi connectivity index (χ0n) is 8.74. The average Bonchev–Trinajstić information content (AvgIpc) is 2.74.